The van der Waals surface area contributed by atoms with Gasteiger partial charge in [-0.25, -0.2) is 4.98 Å². The lowest BCUT2D eigenvalue weighted by Gasteiger charge is -2.21. The van der Waals surface area contributed by atoms with Gasteiger partial charge in [0.15, 0.2) is 5.76 Å². The summed E-state index contributed by atoms with van der Waals surface area (Å²) in [4.78, 5) is 35.4. The average molecular weight is 477 g/mol. The quantitative estimate of drug-likeness (QED) is 0.369. The second kappa shape index (κ2) is 12.4. The summed E-state index contributed by atoms with van der Waals surface area (Å²) in [7, 11) is 0. The maximum Gasteiger partial charge on any atom is 0.237 e. The highest BCUT2D eigenvalue weighted by Crippen LogP contribution is 2.25. The molecule has 1 amide bonds. The predicted octanol–water partition coefficient (Wildman–Crippen LogP) is 4.61. The molecule has 3 rings (SSSR count). The number of rotatable bonds is 12. The predicted molar refractivity (Wildman–Crippen MR) is 137 cm³/mol. The van der Waals surface area contributed by atoms with Crippen molar-refractivity contribution in [1.29, 1.82) is 0 Å². The van der Waals surface area contributed by atoms with Gasteiger partial charge >= 0.3 is 0 Å². The van der Waals surface area contributed by atoms with Crippen LogP contribution in [0.25, 0.3) is 11.5 Å². The summed E-state index contributed by atoms with van der Waals surface area (Å²) in [5.41, 5.74) is 8.49. The van der Waals surface area contributed by atoms with Crippen molar-refractivity contribution in [1.82, 2.24) is 15.3 Å². The minimum Gasteiger partial charge on any atom is -0.433 e. The number of carbonyl (C=O) groups excluding carboxylic acids is 2. The normalized spacial score (nSPS) is 13.1. The fourth-order valence-corrected chi connectivity index (χ4v) is 3.96. The number of pyridine rings is 1. The standard InChI is InChI=1S/C28H36N4O3/c1-18(2)15-22(29)27(34)31-23(13-12-20-9-6-5-7-10-20)25(33)26-24(16-19(3)4)32-28(35-26)21-11-8-14-30-17-21/h5-11,14,17-19,22-23H,12-13,15-16,29H2,1-4H3,(H,31,34). The molecule has 0 spiro atoms. The van der Waals surface area contributed by atoms with Gasteiger partial charge < -0.3 is 15.5 Å². The van der Waals surface area contributed by atoms with Crippen LogP contribution in [-0.4, -0.2) is 33.7 Å². The zero-order chi connectivity index (χ0) is 25.4. The molecule has 3 aromatic rings. The first-order valence-corrected chi connectivity index (χ1v) is 12.3. The van der Waals surface area contributed by atoms with E-state index < -0.39 is 12.1 Å². The van der Waals surface area contributed by atoms with E-state index in [4.69, 9.17) is 10.2 Å². The largest absolute Gasteiger partial charge is 0.433 e. The molecule has 7 nitrogen and oxygen atoms in total. The molecule has 3 N–H and O–H groups in total. The van der Waals surface area contributed by atoms with E-state index in [1.54, 1.807) is 18.5 Å². The van der Waals surface area contributed by atoms with E-state index in [1.807, 2.05) is 50.2 Å². The molecule has 0 bridgehead atoms. The number of nitrogens with one attached hydrogen (secondary N) is 1. The number of aromatic nitrogens is 2. The van der Waals surface area contributed by atoms with E-state index >= 15 is 0 Å². The first kappa shape index (κ1) is 26.3. The highest BCUT2D eigenvalue weighted by Gasteiger charge is 2.30. The second-order valence-electron chi connectivity index (χ2n) is 9.82. The van der Waals surface area contributed by atoms with Gasteiger partial charge in [-0.3, -0.25) is 14.6 Å². The highest BCUT2D eigenvalue weighted by molar-refractivity contribution is 6.01. The van der Waals surface area contributed by atoms with Gasteiger partial charge in [0.05, 0.1) is 23.3 Å². The molecule has 2 unspecified atom stereocenters. The molecule has 0 saturated heterocycles. The summed E-state index contributed by atoms with van der Waals surface area (Å²) >= 11 is 0. The number of hydrogen-bond donors (Lipinski definition) is 2. The van der Waals surface area contributed by atoms with E-state index in [1.165, 1.54) is 0 Å². The lowest BCUT2D eigenvalue weighted by atomic mass is 9.97. The number of aryl methyl sites for hydroxylation is 1. The van der Waals surface area contributed by atoms with Crippen molar-refractivity contribution >= 4 is 11.7 Å². The van der Waals surface area contributed by atoms with Crippen molar-refractivity contribution in [2.45, 2.75) is 65.5 Å². The Morgan fingerprint density at radius 3 is 2.40 bits per heavy atom. The SMILES string of the molecule is CC(C)Cc1nc(-c2cccnc2)oc1C(=O)C(CCc1ccccc1)NC(=O)C(N)CC(C)C. The number of nitrogens with zero attached hydrogens (tertiary/aromatic N) is 2. The highest BCUT2D eigenvalue weighted by atomic mass is 16.4. The summed E-state index contributed by atoms with van der Waals surface area (Å²) < 4.78 is 6.02. The van der Waals surface area contributed by atoms with Crippen molar-refractivity contribution in [2.75, 3.05) is 0 Å². The molecule has 1 aromatic carbocycles. The number of ketones is 1. The Bertz CT molecular complexity index is 1090. The average Bonchev–Trinajstić information content (AvgIpc) is 3.25. The maximum absolute atomic E-state index is 13.8. The van der Waals surface area contributed by atoms with Crippen molar-refractivity contribution in [3.05, 3.63) is 71.9 Å². The third-order valence-electron chi connectivity index (χ3n) is 5.69. The monoisotopic (exact) mass is 476 g/mol. The van der Waals surface area contributed by atoms with Crippen molar-refractivity contribution in [2.24, 2.45) is 17.6 Å². The van der Waals surface area contributed by atoms with E-state index in [2.05, 4.69) is 29.1 Å². The number of carbonyl (C=O) groups is 2. The smallest absolute Gasteiger partial charge is 0.237 e. The number of oxazole rings is 1. The molecule has 2 atom stereocenters. The molecule has 0 fully saturated rings. The van der Waals surface area contributed by atoms with Gasteiger partial charge in [-0.2, -0.15) is 0 Å². The molecule has 0 aliphatic rings. The third-order valence-corrected chi connectivity index (χ3v) is 5.69. The Kier molecular flexibility index (Phi) is 9.32. The Labute approximate surface area is 207 Å². The van der Waals surface area contributed by atoms with Crippen LogP contribution in [0.2, 0.25) is 0 Å². The topological polar surface area (TPSA) is 111 Å². The molecule has 0 aliphatic heterocycles. The van der Waals surface area contributed by atoms with Gasteiger partial charge in [-0.15, -0.1) is 0 Å². The van der Waals surface area contributed by atoms with Crippen LogP contribution in [-0.2, 0) is 17.6 Å². The van der Waals surface area contributed by atoms with E-state index in [0.717, 1.165) is 5.56 Å². The molecule has 0 aliphatic carbocycles. The van der Waals surface area contributed by atoms with E-state index in [0.29, 0.717) is 42.8 Å². The fourth-order valence-electron chi connectivity index (χ4n) is 3.96. The minimum atomic E-state index is -0.776. The number of amides is 1. The molecule has 7 heteroatoms. The van der Waals surface area contributed by atoms with Crippen LogP contribution >= 0.6 is 0 Å². The lowest BCUT2D eigenvalue weighted by Crippen LogP contribution is -2.49. The van der Waals surface area contributed by atoms with Gasteiger partial charge in [0.1, 0.15) is 0 Å². The zero-order valence-corrected chi connectivity index (χ0v) is 21.0. The summed E-state index contributed by atoms with van der Waals surface area (Å²) in [5, 5.41) is 2.91. The van der Waals surface area contributed by atoms with Gasteiger partial charge in [0.25, 0.3) is 0 Å². The van der Waals surface area contributed by atoms with Gasteiger partial charge in [0.2, 0.25) is 17.6 Å². The van der Waals surface area contributed by atoms with Gasteiger partial charge in [-0.1, -0.05) is 58.0 Å². The molecule has 2 aromatic heterocycles. The number of benzene rings is 1. The maximum atomic E-state index is 13.8. The Morgan fingerprint density at radius 2 is 1.77 bits per heavy atom. The molecule has 35 heavy (non-hydrogen) atoms. The molecular formula is C28H36N4O3. The molecule has 0 saturated carbocycles. The minimum absolute atomic E-state index is 0.188. The van der Waals surface area contributed by atoms with Crippen molar-refractivity contribution < 1.29 is 14.0 Å². The Balaban J connectivity index is 1.91. The van der Waals surface area contributed by atoms with E-state index in [9.17, 15) is 9.59 Å². The van der Waals surface area contributed by atoms with Crippen molar-refractivity contribution in [3.63, 3.8) is 0 Å². The fraction of sp³-hybridized carbons (Fsp3) is 0.429. The molecule has 2 heterocycles. The van der Waals surface area contributed by atoms with Gasteiger partial charge in [0, 0.05) is 12.4 Å². The summed E-state index contributed by atoms with van der Waals surface area (Å²) in [6.45, 7) is 8.15. The van der Waals surface area contributed by atoms with Crippen molar-refractivity contribution in [3.8, 4) is 11.5 Å². The van der Waals surface area contributed by atoms with Crippen LogP contribution in [0.1, 0.15) is 62.3 Å². The van der Waals surface area contributed by atoms with Crippen LogP contribution in [0.3, 0.4) is 0 Å². The number of hydrogen-bond acceptors (Lipinski definition) is 6. The first-order valence-electron chi connectivity index (χ1n) is 12.3. The number of nitrogens with two attached hydrogens (primary N) is 1. The van der Waals surface area contributed by atoms with Crippen LogP contribution in [0.4, 0.5) is 0 Å². The van der Waals surface area contributed by atoms with Crippen LogP contribution in [0, 0.1) is 11.8 Å². The van der Waals surface area contributed by atoms with Crippen LogP contribution < -0.4 is 11.1 Å². The first-order chi connectivity index (χ1) is 16.7. The van der Waals surface area contributed by atoms with Crippen LogP contribution in [0.15, 0.2) is 59.3 Å². The summed E-state index contributed by atoms with van der Waals surface area (Å²) in [5.74, 6) is 0.454. The number of Topliss-reactive ketones (excluding diaryl/α,β-unsaturated/α-hetero) is 1. The van der Waals surface area contributed by atoms with Crippen LogP contribution in [0.5, 0.6) is 0 Å². The molecule has 0 radical (unpaired) electrons. The lowest BCUT2D eigenvalue weighted by molar-refractivity contribution is -0.123. The van der Waals surface area contributed by atoms with E-state index in [-0.39, 0.29) is 29.3 Å². The second-order valence-corrected chi connectivity index (χ2v) is 9.82. The Morgan fingerprint density at radius 1 is 1.03 bits per heavy atom. The molecule has 186 valence electrons. The Hall–Kier alpha value is -3.32. The third kappa shape index (κ3) is 7.59. The summed E-state index contributed by atoms with van der Waals surface area (Å²) in [6.07, 6.45) is 5.49. The van der Waals surface area contributed by atoms with Gasteiger partial charge in [-0.05, 0) is 55.2 Å². The molecular weight excluding hydrogens is 440 g/mol. The summed E-state index contributed by atoms with van der Waals surface area (Å²) in [6, 6.07) is 12.1. The zero-order valence-electron chi connectivity index (χ0n) is 21.0.